The molecule has 0 atom stereocenters. The van der Waals surface area contributed by atoms with Crippen LogP contribution in [0.25, 0.3) is 0 Å². The fourth-order valence-corrected chi connectivity index (χ4v) is 1.55. The number of nitrogens with zero attached hydrogens (tertiary/aromatic N) is 2. The lowest BCUT2D eigenvalue weighted by molar-refractivity contribution is -0.131. The van der Waals surface area contributed by atoms with Crippen molar-refractivity contribution in [1.82, 2.24) is 9.80 Å². The van der Waals surface area contributed by atoms with Crippen LogP contribution in [0.15, 0.2) is 30.3 Å². The van der Waals surface area contributed by atoms with Crippen molar-refractivity contribution in [2.24, 2.45) is 0 Å². The lowest BCUT2D eigenvalue weighted by atomic mass is 10.2. The molecule has 4 nitrogen and oxygen atoms in total. The second-order valence-electron chi connectivity index (χ2n) is 4.20. The van der Waals surface area contributed by atoms with Crippen molar-refractivity contribution in [3.63, 3.8) is 0 Å². The number of amides is 1. The molecule has 1 aromatic rings. The zero-order valence-electron chi connectivity index (χ0n) is 10.5. The first-order valence-electron chi connectivity index (χ1n) is 5.70. The predicted octanol–water partition coefficient (Wildman–Crippen LogP) is 0.569. The number of benzene rings is 1. The van der Waals surface area contributed by atoms with Gasteiger partial charge >= 0.3 is 0 Å². The summed E-state index contributed by atoms with van der Waals surface area (Å²) in [5.41, 5.74) is 1.12. The third kappa shape index (κ3) is 4.97. The van der Waals surface area contributed by atoms with Gasteiger partial charge in [0, 0.05) is 20.1 Å². The Morgan fingerprint density at radius 2 is 1.88 bits per heavy atom. The summed E-state index contributed by atoms with van der Waals surface area (Å²) >= 11 is 0. The van der Waals surface area contributed by atoms with E-state index < -0.39 is 0 Å². The van der Waals surface area contributed by atoms with Crippen LogP contribution >= 0.6 is 0 Å². The van der Waals surface area contributed by atoms with Gasteiger partial charge in [-0.05, 0) is 12.6 Å². The largest absolute Gasteiger partial charge is 0.395 e. The number of carbonyl (C=O) groups is 1. The van der Waals surface area contributed by atoms with Crippen molar-refractivity contribution in [3.05, 3.63) is 35.9 Å². The average molecular weight is 236 g/mol. The summed E-state index contributed by atoms with van der Waals surface area (Å²) in [6.45, 7) is 1.55. The molecule has 1 rings (SSSR count). The Morgan fingerprint density at radius 3 is 2.47 bits per heavy atom. The molecule has 0 spiro atoms. The Kier molecular flexibility index (Phi) is 5.66. The number of hydrogen-bond donors (Lipinski definition) is 1. The monoisotopic (exact) mass is 236 g/mol. The molecule has 0 aliphatic rings. The quantitative estimate of drug-likeness (QED) is 0.785. The molecule has 1 amide bonds. The van der Waals surface area contributed by atoms with Crippen molar-refractivity contribution in [1.29, 1.82) is 0 Å². The molecule has 1 N–H and O–H groups in total. The SMILES string of the molecule is CN(CCO)CC(=O)N(C)Cc1ccccc1. The molecule has 17 heavy (non-hydrogen) atoms. The van der Waals surface area contributed by atoms with E-state index in [2.05, 4.69) is 0 Å². The molecular formula is C13H20N2O2. The maximum atomic E-state index is 11.8. The number of rotatable bonds is 6. The van der Waals surface area contributed by atoms with Gasteiger partial charge in [0.15, 0.2) is 0 Å². The predicted molar refractivity (Wildman–Crippen MR) is 67.5 cm³/mol. The third-order valence-electron chi connectivity index (χ3n) is 2.58. The van der Waals surface area contributed by atoms with Gasteiger partial charge in [-0.2, -0.15) is 0 Å². The fourth-order valence-electron chi connectivity index (χ4n) is 1.55. The Bertz CT molecular complexity index is 341. The van der Waals surface area contributed by atoms with E-state index in [0.717, 1.165) is 5.56 Å². The Hall–Kier alpha value is -1.39. The smallest absolute Gasteiger partial charge is 0.236 e. The van der Waals surface area contributed by atoms with Gasteiger partial charge in [0.05, 0.1) is 13.2 Å². The standard InChI is InChI=1S/C13H20N2O2/c1-14(8-9-16)11-13(17)15(2)10-12-6-4-3-5-7-12/h3-7,16H,8-11H2,1-2H3. The van der Waals surface area contributed by atoms with Crippen molar-refractivity contribution < 1.29 is 9.90 Å². The van der Waals surface area contributed by atoms with Gasteiger partial charge in [0.1, 0.15) is 0 Å². The maximum Gasteiger partial charge on any atom is 0.236 e. The van der Waals surface area contributed by atoms with Crippen LogP contribution in [0, 0.1) is 0 Å². The summed E-state index contributed by atoms with van der Waals surface area (Å²) in [4.78, 5) is 15.3. The normalized spacial score (nSPS) is 10.6. The van der Waals surface area contributed by atoms with Gasteiger partial charge in [0.2, 0.25) is 5.91 Å². The minimum atomic E-state index is 0.0600. The molecule has 4 heteroatoms. The van der Waals surface area contributed by atoms with Gasteiger partial charge < -0.3 is 10.0 Å². The number of aliphatic hydroxyl groups is 1. The van der Waals surface area contributed by atoms with Crippen molar-refractivity contribution in [2.75, 3.05) is 33.8 Å². The van der Waals surface area contributed by atoms with Crippen LogP contribution in [0.5, 0.6) is 0 Å². The Labute approximate surface area is 102 Å². The van der Waals surface area contributed by atoms with Crippen LogP contribution in [0.3, 0.4) is 0 Å². The van der Waals surface area contributed by atoms with Crippen LogP contribution in [0.4, 0.5) is 0 Å². The molecule has 0 fully saturated rings. The van der Waals surface area contributed by atoms with E-state index in [1.54, 1.807) is 11.9 Å². The minimum Gasteiger partial charge on any atom is -0.395 e. The second-order valence-corrected chi connectivity index (χ2v) is 4.20. The molecule has 0 bridgehead atoms. The number of carbonyl (C=O) groups excluding carboxylic acids is 1. The van der Waals surface area contributed by atoms with Crippen LogP contribution in [0.1, 0.15) is 5.56 Å². The zero-order valence-corrected chi connectivity index (χ0v) is 10.5. The van der Waals surface area contributed by atoms with E-state index in [-0.39, 0.29) is 12.5 Å². The summed E-state index contributed by atoms with van der Waals surface area (Å²) in [5.74, 6) is 0.0600. The van der Waals surface area contributed by atoms with Gasteiger partial charge in [-0.1, -0.05) is 30.3 Å². The summed E-state index contributed by atoms with van der Waals surface area (Å²) < 4.78 is 0. The molecule has 0 aliphatic carbocycles. The highest BCUT2D eigenvalue weighted by molar-refractivity contribution is 5.77. The first-order valence-corrected chi connectivity index (χ1v) is 5.70. The first kappa shape index (κ1) is 13.7. The van der Waals surface area contributed by atoms with Crippen molar-refractivity contribution in [3.8, 4) is 0 Å². The van der Waals surface area contributed by atoms with Gasteiger partial charge in [-0.15, -0.1) is 0 Å². The molecule has 0 aromatic heterocycles. The summed E-state index contributed by atoms with van der Waals surface area (Å²) in [5, 5.41) is 8.76. The third-order valence-corrected chi connectivity index (χ3v) is 2.58. The van der Waals surface area contributed by atoms with E-state index >= 15 is 0 Å². The highest BCUT2D eigenvalue weighted by Gasteiger charge is 2.11. The summed E-state index contributed by atoms with van der Waals surface area (Å²) in [6.07, 6.45) is 0. The van der Waals surface area contributed by atoms with Crippen LogP contribution in [0.2, 0.25) is 0 Å². The van der Waals surface area contributed by atoms with E-state index in [0.29, 0.717) is 19.6 Å². The molecule has 94 valence electrons. The molecule has 1 aromatic carbocycles. The van der Waals surface area contributed by atoms with E-state index in [9.17, 15) is 4.79 Å². The highest BCUT2D eigenvalue weighted by Crippen LogP contribution is 2.03. The molecule has 0 saturated carbocycles. The summed E-state index contributed by atoms with van der Waals surface area (Å²) in [7, 11) is 3.62. The number of likely N-dealkylation sites (N-methyl/N-ethyl adjacent to an activating group) is 2. The van der Waals surface area contributed by atoms with E-state index in [4.69, 9.17) is 5.11 Å². The van der Waals surface area contributed by atoms with Gasteiger partial charge in [-0.3, -0.25) is 9.69 Å². The zero-order chi connectivity index (χ0) is 12.7. The summed E-state index contributed by atoms with van der Waals surface area (Å²) in [6, 6.07) is 9.89. The van der Waals surface area contributed by atoms with Crippen LogP contribution in [-0.4, -0.2) is 54.6 Å². The lowest BCUT2D eigenvalue weighted by Gasteiger charge is -2.21. The Balaban J connectivity index is 2.42. The molecule has 0 aliphatic heterocycles. The number of hydrogen-bond acceptors (Lipinski definition) is 3. The fraction of sp³-hybridized carbons (Fsp3) is 0.462. The molecule has 0 saturated heterocycles. The second kappa shape index (κ2) is 7.04. The molecule has 0 heterocycles. The molecule has 0 unspecified atom stereocenters. The first-order chi connectivity index (χ1) is 8.13. The topological polar surface area (TPSA) is 43.8 Å². The van der Waals surface area contributed by atoms with Crippen LogP contribution in [-0.2, 0) is 11.3 Å². The molecule has 0 radical (unpaired) electrons. The van der Waals surface area contributed by atoms with Gasteiger partial charge in [-0.25, -0.2) is 0 Å². The van der Waals surface area contributed by atoms with E-state index in [1.165, 1.54) is 0 Å². The number of aliphatic hydroxyl groups excluding tert-OH is 1. The molecular weight excluding hydrogens is 216 g/mol. The Morgan fingerprint density at radius 1 is 1.24 bits per heavy atom. The van der Waals surface area contributed by atoms with E-state index in [1.807, 2.05) is 42.3 Å². The minimum absolute atomic E-state index is 0.0600. The van der Waals surface area contributed by atoms with Crippen LogP contribution < -0.4 is 0 Å². The maximum absolute atomic E-state index is 11.8. The van der Waals surface area contributed by atoms with Gasteiger partial charge in [0.25, 0.3) is 0 Å². The van der Waals surface area contributed by atoms with Crippen molar-refractivity contribution in [2.45, 2.75) is 6.54 Å². The average Bonchev–Trinajstić information content (AvgIpc) is 2.30. The highest BCUT2D eigenvalue weighted by atomic mass is 16.3. The lowest BCUT2D eigenvalue weighted by Crippen LogP contribution is -2.37. The van der Waals surface area contributed by atoms with Crippen molar-refractivity contribution >= 4 is 5.91 Å².